The molecule has 0 saturated carbocycles. The molecule has 0 saturated heterocycles. The number of halogens is 1. The fourth-order valence-electron chi connectivity index (χ4n) is 1.76. The van der Waals surface area contributed by atoms with E-state index in [4.69, 9.17) is 16.7 Å². The lowest BCUT2D eigenvalue weighted by Gasteiger charge is -2.03. The molecule has 0 bridgehead atoms. The Morgan fingerprint density at radius 3 is 2.52 bits per heavy atom. The molecule has 0 atom stereocenters. The van der Waals surface area contributed by atoms with E-state index in [1.807, 2.05) is 6.92 Å². The lowest BCUT2D eigenvalue weighted by Crippen LogP contribution is -2.14. The molecule has 1 amide bonds. The Hall–Kier alpha value is -1.92. The zero-order valence-corrected chi connectivity index (χ0v) is 12.8. The van der Waals surface area contributed by atoms with Crippen LogP contribution in [0.4, 0.5) is 5.69 Å². The van der Waals surface area contributed by atoms with Gasteiger partial charge in [0.15, 0.2) is 0 Å². The van der Waals surface area contributed by atoms with Gasteiger partial charge < -0.3 is 10.4 Å². The van der Waals surface area contributed by atoms with Gasteiger partial charge in [-0.3, -0.25) is 4.79 Å². The van der Waals surface area contributed by atoms with Gasteiger partial charge in [-0.15, -0.1) is 11.3 Å². The highest BCUT2D eigenvalue weighted by Crippen LogP contribution is 2.20. The minimum atomic E-state index is -1.01. The maximum Gasteiger partial charge on any atom is 0.347 e. The smallest absolute Gasteiger partial charge is 0.347 e. The third-order valence-electron chi connectivity index (χ3n) is 2.71. The van der Waals surface area contributed by atoms with Crippen LogP contribution in [0.1, 0.15) is 27.3 Å². The van der Waals surface area contributed by atoms with Gasteiger partial charge >= 0.3 is 5.97 Å². The lowest BCUT2D eigenvalue weighted by molar-refractivity contribution is -0.115. The Kier molecular flexibility index (Phi) is 4.93. The molecule has 0 aliphatic heterocycles. The number of hydrogen-bond donors (Lipinski definition) is 2. The standard InChI is InChI=1S/C14H13ClN2O3S/c1-2-10-13(14(19)20)21-12(17-10)7-11(18)16-9-5-3-8(15)4-6-9/h3-6H,2,7H2,1H3,(H,16,18)(H,19,20). The highest BCUT2D eigenvalue weighted by Gasteiger charge is 2.17. The number of aryl methyl sites for hydroxylation is 1. The second-order valence-electron chi connectivity index (χ2n) is 4.27. The maximum atomic E-state index is 11.9. The highest BCUT2D eigenvalue weighted by molar-refractivity contribution is 7.13. The SMILES string of the molecule is CCc1nc(CC(=O)Nc2ccc(Cl)cc2)sc1C(=O)O. The average Bonchev–Trinajstić information content (AvgIpc) is 2.84. The summed E-state index contributed by atoms with van der Waals surface area (Å²) in [4.78, 5) is 27.4. The molecular formula is C14H13ClN2O3S. The summed E-state index contributed by atoms with van der Waals surface area (Å²) >= 11 is 6.81. The Morgan fingerprint density at radius 2 is 2.00 bits per heavy atom. The molecule has 0 aliphatic rings. The molecule has 0 radical (unpaired) electrons. The number of nitrogens with one attached hydrogen (secondary N) is 1. The number of aromatic carboxylic acids is 1. The van der Waals surface area contributed by atoms with Crippen molar-refractivity contribution >= 4 is 40.5 Å². The van der Waals surface area contributed by atoms with Crippen LogP contribution in [0, 0.1) is 0 Å². The molecule has 2 rings (SSSR count). The third kappa shape index (κ3) is 4.03. The van der Waals surface area contributed by atoms with E-state index in [9.17, 15) is 9.59 Å². The van der Waals surface area contributed by atoms with Gasteiger partial charge in [0.05, 0.1) is 12.1 Å². The average molecular weight is 325 g/mol. The van der Waals surface area contributed by atoms with Crippen LogP contribution >= 0.6 is 22.9 Å². The fourth-order valence-corrected chi connectivity index (χ4v) is 2.87. The molecule has 0 spiro atoms. The summed E-state index contributed by atoms with van der Waals surface area (Å²) in [5, 5.41) is 12.9. The second kappa shape index (κ2) is 6.69. The van der Waals surface area contributed by atoms with Crippen LogP contribution in [-0.4, -0.2) is 22.0 Å². The van der Waals surface area contributed by atoms with E-state index in [2.05, 4.69) is 10.3 Å². The number of benzene rings is 1. The number of carboxylic acids is 1. The van der Waals surface area contributed by atoms with E-state index < -0.39 is 5.97 Å². The van der Waals surface area contributed by atoms with Crippen LogP contribution in [0.3, 0.4) is 0 Å². The summed E-state index contributed by atoms with van der Waals surface area (Å²) in [6.45, 7) is 1.83. The van der Waals surface area contributed by atoms with E-state index in [1.165, 1.54) is 0 Å². The molecule has 0 unspecified atom stereocenters. The summed E-state index contributed by atoms with van der Waals surface area (Å²) < 4.78 is 0. The molecule has 1 aromatic carbocycles. The van der Waals surface area contributed by atoms with E-state index in [1.54, 1.807) is 24.3 Å². The number of carbonyl (C=O) groups is 2. The van der Waals surface area contributed by atoms with Crippen LogP contribution in [0.25, 0.3) is 0 Å². The van der Waals surface area contributed by atoms with Crippen molar-refractivity contribution in [3.8, 4) is 0 Å². The number of amides is 1. The molecule has 5 nitrogen and oxygen atoms in total. The van der Waals surface area contributed by atoms with E-state index in [0.29, 0.717) is 27.8 Å². The van der Waals surface area contributed by atoms with Gasteiger partial charge in [-0.05, 0) is 30.7 Å². The van der Waals surface area contributed by atoms with Crippen molar-refractivity contribution in [2.24, 2.45) is 0 Å². The molecule has 1 aromatic heterocycles. The molecule has 1 heterocycles. The van der Waals surface area contributed by atoms with Crippen LogP contribution in [-0.2, 0) is 17.6 Å². The van der Waals surface area contributed by atoms with E-state index in [-0.39, 0.29) is 17.2 Å². The van der Waals surface area contributed by atoms with Crippen molar-refractivity contribution in [1.82, 2.24) is 4.98 Å². The Morgan fingerprint density at radius 1 is 1.33 bits per heavy atom. The third-order valence-corrected chi connectivity index (χ3v) is 4.05. The van der Waals surface area contributed by atoms with Gasteiger partial charge in [0, 0.05) is 10.7 Å². The number of rotatable bonds is 5. The van der Waals surface area contributed by atoms with Gasteiger partial charge in [0.2, 0.25) is 5.91 Å². The first-order valence-corrected chi connectivity index (χ1v) is 7.46. The molecule has 110 valence electrons. The lowest BCUT2D eigenvalue weighted by atomic mass is 10.3. The fraction of sp³-hybridized carbons (Fsp3) is 0.214. The summed E-state index contributed by atoms with van der Waals surface area (Å²) in [5.41, 5.74) is 1.15. The van der Waals surface area contributed by atoms with Crippen molar-refractivity contribution in [3.63, 3.8) is 0 Å². The normalized spacial score (nSPS) is 10.4. The summed E-state index contributed by atoms with van der Waals surface area (Å²) in [6.07, 6.45) is 0.574. The van der Waals surface area contributed by atoms with E-state index in [0.717, 1.165) is 11.3 Å². The van der Waals surface area contributed by atoms with E-state index >= 15 is 0 Å². The van der Waals surface area contributed by atoms with Gasteiger partial charge in [0.25, 0.3) is 0 Å². The highest BCUT2D eigenvalue weighted by atomic mass is 35.5. The molecule has 7 heteroatoms. The predicted molar refractivity (Wildman–Crippen MR) is 82.2 cm³/mol. The minimum Gasteiger partial charge on any atom is -0.477 e. The Balaban J connectivity index is 2.05. The van der Waals surface area contributed by atoms with Crippen LogP contribution in [0.2, 0.25) is 5.02 Å². The van der Waals surface area contributed by atoms with Crippen LogP contribution in [0.5, 0.6) is 0 Å². The number of nitrogens with zero attached hydrogens (tertiary/aromatic N) is 1. The first kappa shape index (κ1) is 15.5. The first-order chi connectivity index (χ1) is 9.99. The van der Waals surface area contributed by atoms with Crippen molar-refractivity contribution in [2.45, 2.75) is 19.8 Å². The summed E-state index contributed by atoms with van der Waals surface area (Å²) in [5.74, 6) is -1.25. The van der Waals surface area contributed by atoms with Gasteiger partial charge in [-0.1, -0.05) is 18.5 Å². The van der Waals surface area contributed by atoms with Crippen molar-refractivity contribution in [3.05, 3.63) is 44.9 Å². The summed E-state index contributed by atoms with van der Waals surface area (Å²) in [6, 6.07) is 6.75. The number of thiazole rings is 1. The molecule has 2 N–H and O–H groups in total. The number of hydrogen-bond acceptors (Lipinski definition) is 4. The largest absolute Gasteiger partial charge is 0.477 e. The molecular weight excluding hydrogens is 312 g/mol. The minimum absolute atomic E-state index is 0.0492. The van der Waals surface area contributed by atoms with Crippen molar-refractivity contribution < 1.29 is 14.7 Å². The number of aromatic nitrogens is 1. The Labute approximate surface area is 130 Å². The van der Waals surface area contributed by atoms with Gasteiger partial charge in [-0.25, -0.2) is 9.78 Å². The van der Waals surface area contributed by atoms with Crippen LogP contribution in [0.15, 0.2) is 24.3 Å². The number of carbonyl (C=O) groups excluding carboxylic acids is 1. The van der Waals surface area contributed by atoms with Gasteiger partial charge in [0.1, 0.15) is 9.88 Å². The van der Waals surface area contributed by atoms with Gasteiger partial charge in [-0.2, -0.15) is 0 Å². The zero-order valence-electron chi connectivity index (χ0n) is 11.2. The monoisotopic (exact) mass is 324 g/mol. The van der Waals surface area contributed by atoms with Crippen molar-refractivity contribution in [1.29, 1.82) is 0 Å². The second-order valence-corrected chi connectivity index (χ2v) is 5.79. The zero-order chi connectivity index (χ0) is 15.4. The van der Waals surface area contributed by atoms with Crippen LogP contribution < -0.4 is 5.32 Å². The quantitative estimate of drug-likeness (QED) is 0.885. The number of anilines is 1. The maximum absolute atomic E-state index is 11.9. The molecule has 0 aliphatic carbocycles. The molecule has 2 aromatic rings. The Bertz CT molecular complexity index is 667. The topological polar surface area (TPSA) is 79.3 Å². The molecule has 21 heavy (non-hydrogen) atoms. The molecule has 0 fully saturated rings. The predicted octanol–water partition coefficient (Wildman–Crippen LogP) is 3.24. The summed E-state index contributed by atoms with van der Waals surface area (Å²) in [7, 11) is 0. The first-order valence-electron chi connectivity index (χ1n) is 6.27. The number of carboxylic acid groups (broad SMARTS) is 1. The van der Waals surface area contributed by atoms with Crippen molar-refractivity contribution in [2.75, 3.05) is 5.32 Å².